The molecule has 1 aliphatic carbocycles. The number of fused-ring (bicyclic) bond motifs is 1. The highest BCUT2D eigenvalue weighted by Crippen LogP contribution is 2.51. The van der Waals surface area contributed by atoms with Gasteiger partial charge in [0.1, 0.15) is 11.4 Å². The molecule has 3 aliphatic rings. The number of amides is 2. The monoisotopic (exact) mass is 603 g/mol. The minimum atomic E-state index is -5.08. The highest BCUT2D eigenvalue weighted by molar-refractivity contribution is 5.99. The zero-order valence-electron chi connectivity index (χ0n) is 24.6. The van der Waals surface area contributed by atoms with E-state index in [4.69, 9.17) is 20.0 Å². The van der Waals surface area contributed by atoms with E-state index in [1.54, 1.807) is 12.4 Å². The number of guanidine groups is 1. The Hall–Kier alpha value is -4.16. The van der Waals surface area contributed by atoms with E-state index in [-0.39, 0.29) is 42.1 Å². The number of nitrogens with zero attached hydrogens (tertiary/aromatic N) is 2. The van der Waals surface area contributed by atoms with Gasteiger partial charge >= 0.3 is 12.1 Å². The number of aliphatic carboxylic acids is 1. The van der Waals surface area contributed by atoms with Gasteiger partial charge in [0.2, 0.25) is 11.8 Å². The van der Waals surface area contributed by atoms with Crippen LogP contribution in [0.1, 0.15) is 75.7 Å². The van der Waals surface area contributed by atoms with E-state index in [0.717, 1.165) is 22.4 Å². The van der Waals surface area contributed by atoms with Gasteiger partial charge in [-0.3, -0.25) is 24.9 Å². The number of pyridine rings is 1. The van der Waals surface area contributed by atoms with E-state index in [1.807, 2.05) is 65.0 Å². The molecule has 2 aromatic rings. The van der Waals surface area contributed by atoms with Gasteiger partial charge in [0.15, 0.2) is 5.96 Å². The molecule has 2 amide bonds. The summed E-state index contributed by atoms with van der Waals surface area (Å²) in [6.07, 6.45) is -0.0545. The number of rotatable bonds is 5. The van der Waals surface area contributed by atoms with Gasteiger partial charge in [0, 0.05) is 42.3 Å². The first-order chi connectivity index (χ1) is 19.9. The third-order valence-corrected chi connectivity index (χ3v) is 7.63. The lowest BCUT2D eigenvalue weighted by Crippen LogP contribution is -2.60. The van der Waals surface area contributed by atoms with Crippen LogP contribution in [-0.4, -0.2) is 56.0 Å². The lowest BCUT2D eigenvalue weighted by Gasteiger charge is -2.42. The number of carboxylic acid groups (broad SMARTS) is 1. The number of benzene rings is 1. The number of alkyl halides is 3. The van der Waals surface area contributed by atoms with E-state index < -0.39 is 29.3 Å². The number of aryl methyl sites for hydroxylation is 1. The maximum atomic E-state index is 13.5. The van der Waals surface area contributed by atoms with Gasteiger partial charge in [-0.1, -0.05) is 18.2 Å². The summed E-state index contributed by atoms with van der Waals surface area (Å²) in [6.45, 7) is 9.94. The van der Waals surface area contributed by atoms with Crippen LogP contribution in [0.5, 0.6) is 5.75 Å². The smallest absolute Gasteiger partial charge is 0.487 e. The van der Waals surface area contributed by atoms with Crippen LogP contribution >= 0.6 is 0 Å². The Morgan fingerprint density at radius 3 is 2.49 bits per heavy atom. The summed E-state index contributed by atoms with van der Waals surface area (Å²) in [5.74, 6) is -2.33. The largest absolute Gasteiger partial charge is 0.490 e. The molecule has 1 saturated carbocycles. The summed E-state index contributed by atoms with van der Waals surface area (Å²) >= 11 is 0. The number of carboxylic acids is 1. The third kappa shape index (κ3) is 7.44. The number of halogens is 3. The highest BCUT2D eigenvalue weighted by atomic mass is 19.4. The van der Waals surface area contributed by atoms with Gasteiger partial charge in [-0.2, -0.15) is 13.2 Å². The number of carbonyl (C=O) groups is 3. The first-order valence-electron chi connectivity index (χ1n) is 13.9. The van der Waals surface area contributed by atoms with Crippen molar-refractivity contribution in [3.63, 3.8) is 0 Å². The number of aromatic nitrogens is 1. The highest BCUT2D eigenvalue weighted by Gasteiger charge is 2.54. The van der Waals surface area contributed by atoms with Crippen molar-refractivity contribution in [3.8, 4) is 5.75 Å². The van der Waals surface area contributed by atoms with E-state index >= 15 is 0 Å². The van der Waals surface area contributed by atoms with Crippen LogP contribution < -0.4 is 15.4 Å². The van der Waals surface area contributed by atoms with Crippen LogP contribution in [-0.2, 0) is 14.4 Å². The van der Waals surface area contributed by atoms with Crippen molar-refractivity contribution in [2.75, 3.05) is 0 Å². The molecule has 13 heteroatoms. The third-order valence-electron chi connectivity index (χ3n) is 7.63. The molecule has 1 aromatic carbocycles. The van der Waals surface area contributed by atoms with Crippen molar-refractivity contribution in [1.82, 2.24) is 20.5 Å². The molecule has 232 valence electrons. The van der Waals surface area contributed by atoms with Gasteiger partial charge in [-0.15, -0.1) is 0 Å². The van der Waals surface area contributed by atoms with E-state index in [9.17, 15) is 22.8 Å². The van der Waals surface area contributed by atoms with Crippen LogP contribution in [0.25, 0.3) is 0 Å². The van der Waals surface area contributed by atoms with Crippen molar-refractivity contribution < 1.29 is 37.4 Å². The van der Waals surface area contributed by atoms with Crippen LogP contribution in [0.2, 0.25) is 0 Å². The number of hydrogen-bond acceptors (Lipinski definition) is 6. The molecule has 43 heavy (non-hydrogen) atoms. The molecular formula is C30H36F3N5O5. The molecule has 1 aromatic heterocycles. The second-order valence-electron chi connectivity index (χ2n) is 12.5. The molecule has 0 radical (unpaired) electrons. The van der Waals surface area contributed by atoms with Crippen molar-refractivity contribution in [1.29, 1.82) is 5.41 Å². The minimum Gasteiger partial charge on any atom is -0.487 e. The number of hydrogen-bond donors (Lipinski definition) is 4. The molecule has 0 spiro atoms. The fourth-order valence-electron chi connectivity index (χ4n) is 5.68. The Morgan fingerprint density at radius 2 is 1.91 bits per heavy atom. The first-order valence-corrected chi connectivity index (χ1v) is 13.9. The van der Waals surface area contributed by atoms with Gasteiger partial charge in [0.25, 0.3) is 0 Å². The Balaban J connectivity index is 0.000000541. The van der Waals surface area contributed by atoms with E-state index in [1.165, 1.54) is 4.90 Å². The molecule has 4 N–H and O–H groups in total. The van der Waals surface area contributed by atoms with Gasteiger partial charge in [-0.25, -0.2) is 4.79 Å². The summed E-state index contributed by atoms with van der Waals surface area (Å²) in [6, 6.07) is 9.29. The zero-order valence-corrected chi connectivity index (χ0v) is 24.6. The Kier molecular flexibility index (Phi) is 8.49. The molecule has 2 aliphatic heterocycles. The topological polar surface area (TPSA) is 145 Å². The molecule has 0 bridgehead atoms. The molecular weight excluding hydrogens is 567 g/mol. The molecule has 3 heterocycles. The number of nitrogens with one attached hydrogen (secondary N) is 3. The summed E-state index contributed by atoms with van der Waals surface area (Å²) < 4.78 is 37.9. The van der Waals surface area contributed by atoms with Gasteiger partial charge in [-0.05, 0) is 70.2 Å². The molecule has 1 saturated heterocycles. The van der Waals surface area contributed by atoms with Crippen molar-refractivity contribution in [3.05, 3.63) is 59.4 Å². The summed E-state index contributed by atoms with van der Waals surface area (Å²) in [4.78, 5) is 41.4. The Morgan fingerprint density at radius 1 is 1.23 bits per heavy atom. The molecule has 10 nitrogen and oxygen atoms in total. The van der Waals surface area contributed by atoms with Crippen LogP contribution in [0.3, 0.4) is 0 Å². The first kappa shape index (κ1) is 31.8. The fourth-order valence-corrected chi connectivity index (χ4v) is 5.68. The SMILES string of the molecule is Cc1ccc2c(c1)OC(C)(C)CC2NC(=O)[C@@H]1C[C@H]1[C@@H](c1cccnc1)N1C(=N)NC(C)(C)CC1=O.O=C(O)C(F)(F)F. The van der Waals surface area contributed by atoms with Gasteiger partial charge < -0.3 is 20.5 Å². The average molecular weight is 604 g/mol. The van der Waals surface area contributed by atoms with Crippen LogP contribution in [0.15, 0.2) is 42.7 Å². The summed E-state index contributed by atoms with van der Waals surface area (Å²) in [7, 11) is 0. The maximum absolute atomic E-state index is 13.5. The summed E-state index contributed by atoms with van der Waals surface area (Å²) in [5.41, 5.74) is 2.07. The predicted octanol–water partition coefficient (Wildman–Crippen LogP) is 4.65. The zero-order chi connectivity index (χ0) is 31.9. The van der Waals surface area contributed by atoms with E-state index in [0.29, 0.717) is 12.8 Å². The maximum Gasteiger partial charge on any atom is 0.490 e. The molecule has 4 atom stereocenters. The normalized spacial score (nSPS) is 24.3. The minimum absolute atomic E-state index is 0.0209. The average Bonchev–Trinajstić information content (AvgIpc) is 3.65. The predicted molar refractivity (Wildman–Crippen MR) is 150 cm³/mol. The fraction of sp³-hybridized carbons (Fsp3) is 0.500. The van der Waals surface area contributed by atoms with Crippen LogP contribution in [0.4, 0.5) is 13.2 Å². The molecule has 5 rings (SSSR count). The Labute approximate surface area is 247 Å². The van der Waals surface area contributed by atoms with Gasteiger partial charge in [0.05, 0.1) is 12.1 Å². The quantitative estimate of drug-likeness (QED) is 0.389. The van der Waals surface area contributed by atoms with Crippen molar-refractivity contribution in [2.45, 2.75) is 83.3 Å². The van der Waals surface area contributed by atoms with E-state index in [2.05, 4.69) is 15.6 Å². The lowest BCUT2D eigenvalue weighted by molar-refractivity contribution is -0.192. The number of ether oxygens (including phenoxy) is 1. The second-order valence-corrected chi connectivity index (χ2v) is 12.5. The lowest BCUT2D eigenvalue weighted by atomic mass is 9.89. The molecule has 1 unspecified atom stereocenters. The van der Waals surface area contributed by atoms with Crippen molar-refractivity contribution >= 4 is 23.7 Å². The van der Waals surface area contributed by atoms with Crippen LogP contribution in [0, 0.1) is 24.2 Å². The Bertz CT molecular complexity index is 1390. The van der Waals surface area contributed by atoms with Crippen molar-refractivity contribution in [2.24, 2.45) is 11.8 Å². The standard InChI is InChI=1S/C28H35N5O3.C2HF3O2/c1-16-8-9-18-21(13-28(4,5)36-22(18)11-16)31-25(35)20-12-19(20)24(17-7-6-10-30-15-17)33-23(34)14-27(2,3)32-26(33)29;3-2(4,5)1(6)7/h6-11,15,19-21,24H,12-14H2,1-5H3,(H2,29,32)(H,31,35);(H,6,7)/t19-,20-,21?,24-;/m1./s1. The molecule has 2 fully saturated rings. The summed E-state index contributed by atoms with van der Waals surface area (Å²) in [5, 5.41) is 22.2. The second kappa shape index (κ2) is 11.5. The number of carbonyl (C=O) groups excluding carboxylic acids is 2.